The molecular formula is C6H12CsNO2. The topological polar surface area (TPSA) is 66.2 Å². The minimum absolute atomic E-state index is 0. The Balaban J connectivity index is 0. The van der Waals surface area contributed by atoms with Crippen LogP contribution in [0.4, 0.5) is 0 Å². The normalized spacial score (nSPS) is 15.1. The molecule has 54 valence electrons. The fourth-order valence-electron chi connectivity index (χ4n) is 0.486. The molecule has 0 fully saturated rings. The van der Waals surface area contributed by atoms with Crippen LogP contribution < -0.4 is 79.7 Å². The number of hydrogen-bond acceptors (Lipinski definition) is 3. The first-order valence-electron chi connectivity index (χ1n) is 3.06. The minimum Gasteiger partial charge on any atom is -0.548 e. The predicted molar refractivity (Wildman–Crippen MR) is 32.4 cm³/mol. The molecule has 0 aliphatic carbocycles. The molecule has 0 saturated heterocycles. The Kier molecular flexibility index (Phi) is 10.0. The summed E-state index contributed by atoms with van der Waals surface area (Å²) >= 11 is 0. The Labute approximate surface area is 120 Å². The molecule has 10 heavy (non-hydrogen) atoms. The zero-order valence-corrected chi connectivity index (χ0v) is 13.0. The molecule has 0 aliphatic heterocycles. The molecule has 2 atom stereocenters. The van der Waals surface area contributed by atoms with Crippen LogP contribution in [0.3, 0.4) is 0 Å². The van der Waals surface area contributed by atoms with Gasteiger partial charge in [-0.2, -0.15) is 0 Å². The number of aliphatic carboxylic acids is 1. The second kappa shape index (κ2) is 7.15. The van der Waals surface area contributed by atoms with Gasteiger partial charge >= 0.3 is 68.9 Å². The van der Waals surface area contributed by atoms with Crippen LogP contribution in [0.2, 0.25) is 0 Å². The van der Waals surface area contributed by atoms with Gasteiger partial charge in [0, 0.05) is 6.04 Å². The van der Waals surface area contributed by atoms with Gasteiger partial charge in [-0.1, -0.05) is 20.3 Å². The maximum absolute atomic E-state index is 10.1. The standard InChI is InChI=1S/C6H13NO2.Cs/c1-3-4(2)5(7)6(8)9;/h4-5H,3,7H2,1-2H3,(H,8,9);/q;+1/p-1/t4-,5-;/m0./s1. The number of carbonyl (C=O) groups excluding carboxylic acids is 1. The summed E-state index contributed by atoms with van der Waals surface area (Å²) in [5.41, 5.74) is 5.21. The molecule has 0 aromatic carbocycles. The maximum atomic E-state index is 10.1. The molecule has 4 heteroatoms. The van der Waals surface area contributed by atoms with Crippen molar-refractivity contribution in [1.82, 2.24) is 0 Å². The summed E-state index contributed by atoms with van der Waals surface area (Å²) in [5, 5.41) is 10.1. The quantitative estimate of drug-likeness (QED) is 0.566. The van der Waals surface area contributed by atoms with E-state index in [-0.39, 0.29) is 74.8 Å². The molecule has 0 heterocycles. The summed E-state index contributed by atoms with van der Waals surface area (Å²) in [6.07, 6.45) is 0.773. The monoisotopic (exact) mass is 263 g/mol. The number of rotatable bonds is 3. The third-order valence-corrected chi connectivity index (χ3v) is 1.53. The van der Waals surface area contributed by atoms with E-state index in [0.29, 0.717) is 0 Å². The van der Waals surface area contributed by atoms with Gasteiger partial charge in [-0.15, -0.1) is 0 Å². The zero-order valence-electron chi connectivity index (χ0n) is 6.76. The first kappa shape index (κ1) is 14.0. The van der Waals surface area contributed by atoms with Gasteiger partial charge in [0.05, 0.1) is 5.97 Å². The minimum atomic E-state index is -1.16. The van der Waals surface area contributed by atoms with E-state index < -0.39 is 12.0 Å². The van der Waals surface area contributed by atoms with Gasteiger partial charge < -0.3 is 15.6 Å². The van der Waals surface area contributed by atoms with E-state index >= 15 is 0 Å². The largest absolute Gasteiger partial charge is 1.00 e. The van der Waals surface area contributed by atoms with Crippen LogP contribution in [0.1, 0.15) is 20.3 Å². The first-order valence-corrected chi connectivity index (χ1v) is 3.06. The fourth-order valence-corrected chi connectivity index (χ4v) is 0.486. The molecule has 0 aliphatic rings. The molecule has 3 nitrogen and oxygen atoms in total. The molecule has 2 N–H and O–H groups in total. The molecular weight excluding hydrogens is 251 g/mol. The number of hydrogen-bond donors (Lipinski definition) is 1. The van der Waals surface area contributed by atoms with Crippen molar-refractivity contribution >= 4 is 5.97 Å². The number of nitrogens with two attached hydrogens (primary N) is 1. The van der Waals surface area contributed by atoms with Gasteiger partial charge in [0.1, 0.15) is 0 Å². The summed E-state index contributed by atoms with van der Waals surface area (Å²) in [6, 6.07) is -0.810. The summed E-state index contributed by atoms with van der Waals surface area (Å²) in [6.45, 7) is 3.69. The molecule has 0 aromatic heterocycles. The second-order valence-electron chi connectivity index (χ2n) is 2.23. The molecule has 0 aromatic rings. The van der Waals surface area contributed by atoms with Crippen molar-refractivity contribution in [3.8, 4) is 0 Å². The van der Waals surface area contributed by atoms with Crippen LogP contribution in [-0.4, -0.2) is 12.0 Å². The molecule has 0 saturated carbocycles. The Morgan fingerprint density at radius 3 is 2.20 bits per heavy atom. The van der Waals surface area contributed by atoms with Gasteiger partial charge in [0.15, 0.2) is 0 Å². The van der Waals surface area contributed by atoms with Crippen molar-refractivity contribution in [2.24, 2.45) is 11.7 Å². The third kappa shape index (κ3) is 5.17. The van der Waals surface area contributed by atoms with E-state index in [9.17, 15) is 9.90 Å². The number of carbonyl (C=O) groups is 1. The van der Waals surface area contributed by atoms with Crippen LogP contribution >= 0.6 is 0 Å². The average Bonchev–Trinajstić information content (AvgIpc) is 1.84. The molecule has 0 radical (unpaired) electrons. The van der Waals surface area contributed by atoms with Crippen molar-refractivity contribution in [2.75, 3.05) is 0 Å². The summed E-state index contributed by atoms with van der Waals surface area (Å²) in [7, 11) is 0. The van der Waals surface area contributed by atoms with E-state index in [1.165, 1.54) is 0 Å². The van der Waals surface area contributed by atoms with Crippen LogP contribution in [0.15, 0.2) is 0 Å². The molecule has 0 rings (SSSR count). The Bertz CT molecular complexity index is 108. The van der Waals surface area contributed by atoms with E-state index in [1.807, 2.05) is 6.92 Å². The van der Waals surface area contributed by atoms with Gasteiger partial charge in [0.25, 0.3) is 0 Å². The smallest absolute Gasteiger partial charge is 0.548 e. The van der Waals surface area contributed by atoms with Crippen LogP contribution in [-0.2, 0) is 4.79 Å². The van der Waals surface area contributed by atoms with Crippen LogP contribution in [0.5, 0.6) is 0 Å². The van der Waals surface area contributed by atoms with Crippen molar-refractivity contribution in [2.45, 2.75) is 26.3 Å². The molecule has 0 spiro atoms. The predicted octanol–water partition coefficient (Wildman–Crippen LogP) is -3.89. The number of carboxylic acid groups (broad SMARTS) is 1. The van der Waals surface area contributed by atoms with Gasteiger partial charge in [-0.25, -0.2) is 0 Å². The van der Waals surface area contributed by atoms with Crippen molar-refractivity contribution < 1.29 is 78.8 Å². The van der Waals surface area contributed by atoms with Crippen molar-refractivity contribution in [1.29, 1.82) is 0 Å². The van der Waals surface area contributed by atoms with E-state index in [0.717, 1.165) is 6.42 Å². The molecule has 0 unspecified atom stereocenters. The van der Waals surface area contributed by atoms with Crippen LogP contribution in [0.25, 0.3) is 0 Å². The van der Waals surface area contributed by atoms with E-state index in [2.05, 4.69) is 0 Å². The fraction of sp³-hybridized carbons (Fsp3) is 0.833. The Morgan fingerprint density at radius 2 is 2.10 bits per heavy atom. The van der Waals surface area contributed by atoms with E-state index in [4.69, 9.17) is 5.73 Å². The average molecular weight is 263 g/mol. The summed E-state index contributed by atoms with van der Waals surface area (Å²) < 4.78 is 0. The maximum Gasteiger partial charge on any atom is 1.00 e. The summed E-state index contributed by atoms with van der Waals surface area (Å²) in [4.78, 5) is 10.1. The Morgan fingerprint density at radius 1 is 1.70 bits per heavy atom. The zero-order chi connectivity index (χ0) is 7.44. The van der Waals surface area contributed by atoms with Crippen molar-refractivity contribution in [3.05, 3.63) is 0 Å². The molecule has 0 bridgehead atoms. The van der Waals surface area contributed by atoms with Crippen molar-refractivity contribution in [3.63, 3.8) is 0 Å². The third-order valence-electron chi connectivity index (χ3n) is 1.53. The van der Waals surface area contributed by atoms with Gasteiger partial charge in [0.2, 0.25) is 0 Å². The summed E-state index contributed by atoms with van der Waals surface area (Å²) in [5.74, 6) is -1.15. The first-order chi connectivity index (χ1) is 4.09. The number of carboxylic acids is 1. The SMILES string of the molecule is CC[C@H](C)[C@H](N)C(=O)[O-].[Cs+]. The second-order valence-corrected chi connectivity index (χ2v) is 2.23. The van der Waals surface area contributed by atoms with Crippen LogP contribution in [0, 0.1) is 5.92 Å². The molecule has 0 amide bonds. The van der Waals surface area contributed by atoms with E-state index in [1.54, 1.807) is 6.92 Å². The van der Waals surface area contributed by atoms with Gasteiger partial charge in [-0.3, -0.25) is 0 Å². The Hall–Kier alpha value is 1.48. The van der Waals surface area contributed by atoms with Gasteiger partial charge in [-0.05, 0) is 5.92 Å².